The van der Waals surface area contributed by atoms with Gasteiger partial charge in [-0.25, -0.2) is 0 Å². The molecular weight excluding hydrogens is 347 g/mol. The first kappa shape index (κ1) is 20.7. The van der Waals surface area contributed by atoms with Crippen LogP contribution in [0.25, 0.3) is 0 Å². The highest BCUT2D eigenvalue weighted by Crippen LogP contribution is 2.23. The lowest BCUT2D eigenvalue weighted by Crippen LogP contribution is -2.41. The lowest BCUT2D eigenvalue weighted by Gasteiger charge is -2.26. The Kier molecular flexibility index (Phi) is 9.73. The standard InChI is InChI=1S/C17H24Cl2N4O/c1-3-22(4-2)9-10-23(13-17(24)21-8-7-20)12-14-5-6-15(18)16(19)11-14/h5-6,11H,3-4,8-10,12-13H2,1-2H3,(H,21,24). The van der Waals surface area contributed by atoms with E-state index in [1.807, 2.05) is 23.1 Å². The van der Waals surface area contributed by atoms with E-state index in [-0.39, 0.29) is 19.0 Å². The van der Waals surface area contributed by atoms with Crippen molar-refractivity contribution in [3.05, 3.63) is 33.8 Å². The molecule has 1 N–H and O–H groups in total. The molecule has 7 heteroatoms. The number of carbonyl (C=O) groups excluding carboxylic acids is 1. The van der Waals surface area contributed by atoms with Gasteiger partial charge in [0.15, 0.2) is 0 Å². The summed E-state index contributed by atoms with van der Waals surface area (Å²) in [5.74, 6) is -0.156. The number of rotatable bonds is 10. The summed E-state index contributed by atoms with van der Waals surface area (Å²) in [6.07, 6.45) is 0. The molecule has 0 saturated carbocycles. The van der Waals surface area contributed by atoms with Crippen LogP contribution in [0.1, 0.15) is 19.4 Å². The largest absolute Gasteiger partial charge is 0.342 e. The Morgan fingerprint density at radius 1 is 1.17 bits per heavy atom. The van der Waals surface area contributed by atoms with Crippen molar-refractivity contribution in [1.29, 1.82) is 5.26 Å². The van der Waals surface area contributed by atoms with E-state index in [9.17, 15) is 4.79 Å². The minimum atomic E-state index is -0.156. The first-order chi connectivity index (χ1) is 11.5. The SMILES string of the molecule is CCN(CC)CCN(CC(=O)NCC#N)Cc1ccc(Cl)c(Cl)c1. The Morgan fingerprint density at radius 2 is 1.83 bits per heavy atom. The van der Waals surface area contributed by atoms with Crippen molar-refractivity contribution in [2.24, 2.45) is 0 Å². The van der Waals surface area contributed by atoms with Crippen LogP contribution in [0.4, 0.5) is 0 Å². The second-order valence-corrected chi connectivity index (χ2v) is 6.24. The van der Waals surface area contributed by atoms with Crippen LogP contribution in [0.3, 0.4) is 0 Å². The average Bonchev–Trinajstić information content (AvgIpc) is 2.57. The molecule has 0 fully saturated rings. The molecule has 0 bridgehead atoms. The molecule has 5 nitrogen and oxygen atoms in total. The van der Waals surface area contributed by atoms with Crippen LogP contribution < -0.4 is 5.32 Å². The lowest BCUT2D eigenvalue weighted by molar-refractivity contribution is -0.122. The second kappa shape index (κ2) is 11.3. The molecule has 1 aromatic rings. The van der Waals surface area contributed by atoms with Crippen LogP contribution in [0, 0.1) is 11.3 Å². The Balaban J connectivity index is 2.73. The fraction of sp³-hybridized carbons (Fsp3) is 0.529. The molecule has 0 aliphatic rings. The predicted octanol–water partition coefficient (Wildman–Crippen LogP) is 2.78. The highest BCUT2D eigenvalue weighted by molar-refractivity contribution is 6.42. The summed E-state index contributed by atoms with van der Waals surface area (Å²) in [5, 5.41) is 12.2. The number of hydrogen-bond donors (Lipinski definition) is 1. The van der Waals surface area contributed by atoms with Crippen molar-refractivity contribution in [1.82, 2.24) is 15.1 Å². The van der Waals surface area contributed by atoms with Crippen LogP contribution in [0.15, 0.2) is 18.2 Å². The smallest absolute Gasteiger partial charge is 0.235 e. The quantitative estimate of drug-likeness (QED) is 0.643. The summed E-state index contributed by atoms with van der Waals surface area (Å²) in [5.41, 5.74) is 0.997. The van der Waals surface area contributed by atoms with Crippen molar-refractivity contribution >= 4 is 29.1 Å². The molecule has 0 atom stereocenters. The number of amides is 1. The van der Waals surface area contributed by atoms with E-state index in [0.717, 1.165) is 31.7 Å². The van der Waals surface area contributed by atoms with Gasteiger partial charge in [0.1, 0.15) is 6.54 Å². The van der Waals surface area contributed by atoms with Crippen molar-refractivity contribution < 1.29 is 4.79 Å². The third-order valence-corrected chi connectivity index (χ3v) is 4.49. The van der Waals surface area contributed by atoms with Gasteiger partial charge in [-0.1, -0.05) is 43.1 Å². The van der Waals surface area contributed by atoms with Gasteiger partial charge in [-0.15, -0.1) is 0 Å². The van der Waals surface area contributed by atoms with E-state index in [0.29, 0.717) is 16.6 Å². The number of carbonyl (C=O) groups is 1. The fourth-order valence-electron chi connectivity index (χ4n) is 2.33. The van der Waals surface area contributed by atoms with Crippen LogP contribution in [0.5, 0.6) is 0 Å². The van der Waals surface area contributed by atoms with Crippen LogP contribution >= 0.6 is 23.2 Å². The Hall–Kier alpha value is -1.32. The van der Waals surface area contributed by atoms with Crippen molar-refractivity contribution in [3.63, 3.8) is 0 Å². The number of nitrogens with one attached hydrogen (secondary N) is 1. The van der Waals surface area contributed by atoms with Crippen LogP contribution in [0.2, 0.25) is 10.0 Å². The van der Waals surface area contributed by atoms with Crippen molar-refractivity contribution in [3.8, 4) is 6.07 Å². The molecule has 0 aromatic heterocycles. The molecule has 0 heterocycles. The molecule has 0 spiro atoms. The number of nitriles is 1. The molecule has 1 rings (SSSR count). The summed E-state index contributed by atoms with van der Waals surface area (Å²) in [6, 6.07) is 7.40. The Labute approximate surface area is 154 Å². The fourth-order valence-corrected chi connectivity index (χ4v) is 2.65. The number of nitrogens with zero attached hydrogens (tertiary/aromatic N) is 3. The predicted molar refractivity (Wildman–Crippen MR) is 98.1 cm³/mol. The average molecular weight is 371 g/mol. The van der Waals surface area contributed by atoms with Gasteiger partial charge in [-0.2, -0.15) is 5.26 Å². The summed E-state index contributed by atoms with van der Waals surface area (Å²) < 4.78 is 0. The lowest BCUT2D eigenvalue weighted by atomic mass is 10.2. The third-order valence-electron chi connectivity index (χ3n) is 3.75. The molecule has 132 valence electrons. The summed E-state index contributed by atoms with van der Waals surface area (Å²) in [7, 11) is 0. The highest BCUT2D eigenvalue weighted by atomic mass is 35.5. The molecule has 0 aliphatic heterocycles. The first-order valence-corrected chi connectivity index (χ1v) is 8.78. The van der Waals surface area contributed by atoms with E-state index in [1.54, 1.807) is 6.07 Å². The number of likely N-dealkylation sites (N-methyl/N-ethyl adjacent to an activating group) is 1. The second-order valence-electron chi connectivity index (χ2n) is 5.42. The van der Waals surface area contributed by atoms with E-state index in [2.05, 4.69) is 24.1 Å². The monoisotopic (exact) mass is 370 g/mol. The minimum absolute atomic E-state index is 0.0233. The zero-order chi connectivity index (χ0) is 17.9. The summed E-state index contributed by atoms with van der Waals surface area (Å²) in [6.45, 7) is 8.66. The van der Waals surface area contributed by atoms with Gasteiger partial charge in [0.25, 0.3) is 0 Å². The molecule has 0 radical (unpaired) electrons. The number of hydrogen-bond acceptors (Lipinski definition) is 4. The number of benzene rings is 1. The van der Waals surface area contributed by atoms with Crippen LogP contribution in [-0.2, 0) is 11.3 Å². The van der Waals surface area contributed by atoms with Gasteiger partial charge in [-0.05, 0) is 30.8 Å². The van der Waals surface area contributed by atoms with E-state index in [1.165, 1.54) is 0 Å². The normalized spacial score (nSPS) is 10.9. The topological polar surface area (TPSA) is 59.4 Å². The molecule has 24 heavy (non-hydrogen) atoms. The summed E-state index contributed by atoms with van der Waals surface area (Å²) >= 11 is 12.0. The van der Waals surface area contributed by atoms with Crippen molar-refractivity contribution in [2.75, 3.05) is 39.3 Å². The molecule has 1 aromatic carbocycles. The molecular formula is C17H24Cl2N4O. The van der Waals surface area contributed by atoms with E-state index >= 15 is 0 Å². The van der Waals surface area contributed by atoms with Crippen LogP contribution in [-0.4, -0.2) is 55.0 Å². The third kappa shape index (κ3) is 7.50. The van der Waals surface area contributed by atoms with Gasteiger partial charge in [-0.3, -0.25) is 9.69 Å². The van der Waals surface area contributed by atoms with E-state index in [4.69, 9.17) is 28.5 Å². The summed E-state index contributed by atoms with van der Waals surface area (Å²) in [4.78, 5) is 16.3. The Bertz CT molecular complexity index is 570. The zero-order valence-corrected chi connectivity index (χ0v) is 15.7. The van der Waals surface area contributed by atoms with Gasteiger partial charge in [0.2, 0.25) is 5.91 Å². The maximum absolute atomic E-state index is 11.9. The van der Waals surface area contributed by atoms with Gasteiger partial charge >= 0.3 is 0 Å². The van der Waals surface area contributed by atoms with Gasteiger partial charge in [0, 0.05) is 19.6 Å². The molecule has 0 unspecified atom stereocenters. The number of halogens is 2. The molecule has 0 saturated heterocycles. The van der Waals surface area contributed by atoms with Gasteiger partial charge < -0.3 is 10.2 Å². The molecule has 0 aliphatic carbocycles. The minimum Gasteiger partial charge on any atom is -0.342 e. The zero-order valence-electron chi connectivity index (χ0n) is 14.2. The Morgan fingerprint density at radius 3 is 2.42 bits per heavy atom. The highest BCUT2D eigenvalue weighted by Gasteiger charge is 2.13. The maximum atomic E-state index is 11.9. The molecule has 1 amide bonds. The maximum Gasteiger partial charge on any atom is 0.235 e. The van der Waals surface area contributed by atoms with Gasteiger partial charge in [0.05, 0.1) is 22.7 Å². The van der Waals surface area contributed by atoms with Crippen molar-refractivity contribution in [2.45, 2.75) is 20.4 Å². The van der Waals surface area contributed by atoms with E-state index < -0.39 is 0 Å². The first-order valence-electron chi connectivity index (χ1n) is 8.02.